The first-order valence-electron chi connectivity index (χ1n) is 11.9. The van der Waals surface area contributed by atoms with E-state index in [9.17, 15) is 9.59 Å². The van der Waals surface area contributed by atoms with Crippen LogP contribution in [0.25, 0.3) is 21.7 Å². The maximum atomic E-state index is 13.4. The molecule has 0 aliphatic carbocycles. The van der Waals surface area contributed by atoms with E-state index in [4.69, 9.17) is 26.0 Å². The fourth-order valence-electron chi connectivity index (χ4n) is 4.53. The van der Waals surface area contributed by atoms with Gasteiger partial charge in [-0.1, -0.05) is 16.8 Å². The van der Waals surface area contributed by atoms with Crippen molar-refractivity contribution < 1.29 is 24.0 Å². The summed E-state index contributed by atoms with van der Waals surface area (Å²) in [6.07, 6.45) is 0.293. The molecule has 1 amide bonds. The van der Waals surface area contributed by atoms with Crippen LogP contribution >= 0.6 is 22.9 Å². The quantitative estimate of drug-likeness (QED) is 0.243. The van der Waals surface area contributed by atoms with Gasteiger partial charge in [-0.05, 0) is 51.0 Å². The Hall–Kier alpha value is -3.41. The molecule has 1 saturated heterocycles. The molecule has 4 aromatic rings. The maximum Gasteiger partial charge on any atom is 0.511 e. The Bertz CT molecular complexity index is 1440. The number of thiophene rings is 1. The van der Waals surface area contributed by atoms with Crippen molar-refractivity contribution in [1.29, 1.82) is 0 Å². The van der Waals surface area contributed by atoms with Gasteiger partial charge in [0.1, 0.15) is 11.4 Å². The van der Waals surface area contributed by atoms with Crippen molar-refractivity contribution in [3.8, 4) is 16.4 Å². The van der Waals surface area contributed by atoms with E-state index in [0.29, 0.717) is 32.9 Å². The van der Waals surface area contributed by atoms with Gasteiger partial charge < -0.3 is 29.2 Å². The average Bonchev–Trinajstić information content (AvgIpc) is 3.58. The molecular weight excluding hydrogens is 518 g/mol. The lowest BCUT2D eigenvalue weighted by atomic mass is 10.0. The fourth-order valence-corrected chi connectivity index (χ4v) is 5.52. The lowest BCUT2D eigenvalue weighted by molar-refractivity contribution is 0.0886. The van der Waals surface area contributed by atoms with Crippen molar-refractivity contribution in [1.82, 2.24) is 24.9 Å². The van der Waals surface area contributed by atoms with E-state index in [2.05, 4.69) is 34.2 Å². The summed E-state index contributed by atoms with van der Waals surface area (Å²) in [5.74, 6) is 0.610. The van der Waals surface area contributed by atoms with E-state index in [1.807, 2.05) is 6.07 Å². The first-order chi connectivity index (χ1) is 17.8. The third kappa shape index (κ3) is 5.63. The molecule has 194 valence electrons. The molecule has 5 rings (SSSR count). The van der Waals surface area contributed by atoms with Crippen LogP contribution in [0.1, 0.15) is 43.0 Å². The van der Waals surface area contributed by atoms with Crippen LogP contribution < -0.4 is 10.1 Å². The van der Waals surface area contributed by atoms with Gasteiger partial charge >= 0.3 is 6.16 Å². The second-order valence-electron chi connectivity index (χ2n) is 9.20. The van der Waals surface area contributed by atoms with Gasteiger partial charge in [0, 0.05) is 37.3 Å². The Kier molecular flexibility index (Phi) is 7.18. The zero-order valence-corrected chi connectivity index (χ0v) is 21.9. The largest absolute Gasteiger partial charge is 0.511 e. The van der Waals surface area contributed by atoms with Crippen LogP contribution in [0, 0.1) is 0 Å². The predicted octanol–water partition coefficient (Wildman–Crippen LogP) is 5.11. The lowest BCUT2D eigenvalue weighted by Gasteiger charge is -2.34. The van der Waals surface area contributed by atoms with E-state index in [1.165, 1.54) is 23.5 Å². The van der Waals surface area contributed by atoms with E-state index >= 15 is 0 Å². The van der Waals surface area contributed by atoms with Crippen LogP contribution in [-0.4, -0.2) is 61.9 Å². The molecule has 4 heterocycles. The summed E-state index contributed by atoms with van der Waals surface area (Å²) >= 11 is 7.43. The fraction of sp³-hybridized carbons (Fsp3) is 0.360. The number of hydrogen-bond donors (Lipinski definition) is 2. The SMILES string of the molecule is CC(C)N1CCC(NC(=O)c2nc3cc(OC(=O)O)ccc3n2Cc2cc(-c3ccc(Cl)s3)on2)CC1. The number of imidazole rings is 1. The molecule has 1 aromatic carbocycles. The number of nitrogens with zero attached hydrogens (tertiary/aromatic N) is 4. The number of amides is 1. The maximum absolute atomic E-state index is 13.4. The highest BCUT2D eigenvalue weighted by atomic mass is 35.5. The van der Waals surface area contributed by atoms with E-state index in [1.54, 1.807) is 22.8 Å². The summed E-state index contributed by atoms with van der Waals surface area (Å²) in [4.78, 5) is 32.2. The zero-order chi connectivity index (χ0) is 26.1. The number of fused-ring (bicyclic) bond motifs is 1. The Labute approximate surface area is 221 Å². The Morgan fingerprint density at radius 3 is 2.70 bits per heavy atom. The molecule has 1 aliphatic rings. The number of hydrogen-bond acceptors (Lipinski definition) is 8. The summed E-state index contributed by atoms with van der Waals surface area (Å²) in [5.41, 5.74) is 1.68. The number of aromatic nitrogens is 3. The normalized spacial score (nSPS) is 14.9. The number of nitrogens with one attached hydrogen (secondary N) is 1. The minimum absolute atomic E-state index is 0.0453. The molecule has 1 aliphatic heterocycles. The van der Waals surface area contributed by atoms with Crippen molar-refractivity contribution in [3.05, 3.63) is 52.3 Å². The van der Waals surface area contributed by atoms with Gasteiger partial charge in [0.15, 0.2) is 11.6 Å². The molecule has 10 nitrogen and oxygen atoms in total. The summed E-state index contributed by atoms with van der Waals surface area (Å²) in [6, 6.07) is 10.7. The monoisotopic (exact) mass is 543 g/mol. The predicted molar refractivity (Wildman–Crippen MR) is 140 cm³/mol. The zero-order valence-electron chi connectivity index (χ0n) is 20.3. The molecule has 0 atom stereocenters. The van der Waals surface area contributed by atoms with Gasteiger partial charge in [-0.2, -0.15) is 0 Å². The van der Waals surface area contributed by atoms with Gasteiger partial charge in [0.05, 0.1) is 26.8 Å². The number of carboxylic acid groups (broad SMARTS) is 1. The highest BCUT2D eigenvalue weighted by molar-refractivity contribution is 7.19. The Balaban J connectivity index is 1.43. The van der Waals surface area contributed by atoms with Gasteiger partial charge in [0.25, 0.3) is 5.91 Å². The van der Waals surface area contributed by atoms with E-state index in [-0.39, 0.29) is 30.1 Å². The van der Waals surface area contributed by atoms with Crippen molar-refractivity contribution in [2.24, 2.45) is 0 Å². The van der Waals surface area contributed by atoms with Crippen LogP contribution in [0.4, 0.5) is 4.79 Å². The molecule has 1 fully saturated rings. The average molecular weight is 544 g/mol. The van der Waals surface area contributed by atoms with Gasteiger partial charge in [0.2, 0.25) is 0 Å². The minimum atomic E-state index is -1.42. The summed E-state index contributed by atoms with van der Waals surface area (Å²) in [6.45, 7) is 6.41. The van der Waals surface area contributed by atoms with Crippen LogP contribution in [0.15, 0.2) is 40.9 Å². The Morgan fingerprint density at radius 1 is 1.24 bits per heavy atom. The minimum Gasteiger partial charge on any atom is -0.449 e. The van der Waals surface area contributed by atoms with Gasteiger partial charge in [-0.3, -0.25) is 4.79 Å². The number of carbonyl (C=O) groups is 2. The number of rotatable bonds is 7. The number of benzene rings is 1. The van der Waals surface area contributed by atoms with E-state index in [0.717, 1.165) is 30.8 Å². The molecule has 12 heteroatoms. The molecule has 3 aromatic heterocycles. The molecule has 0 radical (unpaired) electrons. The van der Waals surface area contributed by atoms with Gasteiger partial charge in [-0.15, -0.1) is 11.3 Å². The standard InChI is InChI=1S/C25H26ClN5O5S/c1-14(2)30-9-7-15(8-10-30)27-24(32)23-28-18-12-17(35-25(33)34)3-4-19(18)31(23)13-16-11-20(36-29-16)21-5-6-22(26)37-21/h3-6,11-12,14-15H,7-10,13H2,1-2H3,(H,27,32)(H,33,34). The third-order valence-electron chi connectivity index (χ3n) is 6.42. The molecule has 2 N–H and O–H groups in total. The summed E-state index contributed by atoms with van der Waals surface area (Å²) in [5, 5.41) is 16.3. The molecule has 0 bridgehead atoms. The lowest BCUT2D eigenvalue weighted by Crippen LogP contribution is -2.47. The number of ether oxygens (including phenoxy) is 1. The van der Waals surface area contributed by atoms with Crippen LogP contribution in [0.5, 0.6) is 5.75 Å². The number of carbonyl (C=O) groups excluding carboxylic acids is 1. The van der Waals surface area contributed by atoms with Gasteiger partial charge in [-0.25, -0.2) is 9.78 Å². The van der Waals surface area contributed by atoms with Crippen molar-refractivity contribution in [2.75, 3.05) is 13.1 Å². The summed E-state index contributed by atoms with van der Waals surface area (Å²) in [7, 11) is 0. The molecule has 0 spiro atoms. The number of likely N-dealkylation sites (tertiary alicyclic amines) is 1. The smallest absolute Gasteiger partial charge is 0.449 e. The van der Waals surface area contributed by atoms with Crippen molar-refractivity contribution >= 4 is 46.0 Å². The second kappa shape index (κ2) is 10.5. The Morgan fingerprint density at radius 2 is 2.03 bits per heavy atom. The van der Waals surface area contributed by atoms with Crippen LogP contribution in [0.2, 0.25) is 4.34 Å². The molecule has 0 unspecified atom stereocenters. The highest BCUT2D eigenvalue weighted by Crippen LogP contribution is 2.32. The first kappa shape index (κ1) is 25.2. The third-order valence-corrected chi connectivity index (χ3v) is 7.66. The molecular formula is C25H26ClN5O5S. The molecule has 0 saturated carbocycles. The van der Waals surface area contributed by atoms with Crippen molar-refractivity contribution in [2.45, 2.75) is 45.3 Å². The second-order valence-corrected chi connectivity index (χ2v) is 10.9. The highest BCUT2D eigenvalue weighted by Gasteiger charge is 2.26. The molecule has 37 heavy (non-hydrogen) atoms. The summed E-state index contributed by atoms with van der Waals surface area (Å²) < 4.78 is 12.7. The van der Waals surface area contributed by atoms with Crippen molar-refractivity contribution in [3.63, 3.8) is 0 Å². The van der Waals surface area contributed by atoms with E-state index < -0.39 is 6.16 Å². The first-order valence-corrected chi connectivity index (χ1v) is 13.1. The topological polar surface area (TPSA) is 123 Å². The number of halogens is 1. The van der Waals surface area contributed by atoms with Crippen LogP contribution in [-0.2, 0) is 6.54 Å². The number of piperidine rings is 1. The van der Waals surface area contributed by atoms with Crippen LogP contribution in [0.3, 0.4) is 0 Å².